The lowest BCUT2D eigenvalue weighted by molar-refractivity contribution is -0.137. The highest BCUT2D eigenvalue weighted by Crippen LogP contribution is 2.40. The molecule has 1 spiro atoms. The zero-order valence-corrected chi connectivity index (χ0v) is 19.9. The van der Waals surface area contributed by atoms with Crippen LogP contribution < -0.4 is 10.2 Å². The molecule has 3 heterocycles. The minimum Gasteiger partial charge on any atom is -0.441 e. The molecule has 8 nitrogen and oxygen atoms in total. The number of aromatic nitrogens is 4. The molecule has 0 atom stereocenters. The number of nitrogens with zero attached hydrogens (tertiary/aromatic N) is 5. The Morgan fingerprint density at radius 1 is 1.06 bits per heavy atom. The van der Waals surface area contributed by atoms with Gasteiger partial charge < -0.3 is 10.1 Å². The molecule has 5 rings (SSSR count). The molecule has 1 aliphatic heterocycles. The van der Waals surface area contributed by atoms with E-state index in [1.54, 1.807) is 36.5 Å². The Labute approximate surface area is 211 Å². The van der Waals surface area contributed by atoms with E-state index in [9.17, 15) is 18.0 Å². The molecule has 0 bridgehead atoms. The van der Waals surface area contributed by atoms with Gasteiger partial charge in [-0.2, -0.15) is 18.3 Å². The van der Waals surface area contributed by atoms with E-state index in [2.05, 4.69) is 25.7 Å². The average Bonchev–Trinajstić information content (AvgIpc) is 3.19. The van der Waals surface area contributed by atoms with Crippen LogP contribution in [0.3, 0.4) is 0 Å². The maximum absolute atomic E-state index is 13.0. The summed E-state index contributed by atoms with van der Waals surface area (Å²) in [5.74, 6) is 1.42. The van der Waals surface area contributed by atoms with E-state index in [-0.39, 0.29) is 12.4 Å². The van der Waals surface area contributed by atoms with Crippen molar-refractivity contribution in [1.82, 2.24) is 20.4 Å². The summed E-state index contributed by atoms with van der Waals surface area (Å²) in [4.78, 5) is 13.9. The van der Waals surface area contributed by atoms with Gasteiger partial charge in [0.15, 0.2) is 5.82 Å². The molecule has 0 unspecified atom stereocenters. The van der Waals surface area contributed by atoms with Gasteiger partial charge in [0.25, 0.3) is 0 Å². The highest BCUT2D eigenvalue weighted by molar-refractivity contribution is 5.89. The van der Waals surface area contributed by atoms with Gasteiger partial charge in [0.05, 0.1) is 17.8 Å². The van der Waals surface area contributed by atoms with E-state index in [4.69, 9.17) is 4.74 Å². The fourth-order valence-electron chi connectivity index (χ4n) is 4.59. The van der Waals surface area contributed by atoms with Crippen LogP contribution in [-0.4, -0.2) is 45.2 Å². The molecule has 3 aromatic rings. The summed E-state index contributed by atoms with van der Waals surface area (Å²) in [6.07, 6.45) is 0.0213. The number of ether oxygens (including phenoxy) is 1. The molecular formula is C24H24ClF3N6O2. The normalized spacial score (nSPS) is 21.7. The lowest BCUT2D eigenvalue weighted by Crippen LogP contribution is -2.39. The molecule has 1 N–H and O–H groups in total. The largest absolute Gasteiger partial charge is 0.441 e. The number of carbonyl (C=O) groups excluding carboxylic acids is 1. The third-order valence-corrected chi connectivity index (χ3v) is 6.54. The van der Waals surface area contributed by atoms with Gasteiger partial charge in [-0.15, -0.1) is 27.7 Å². The third kappa shape index (κ3) is 5.51. The quantitative estimate of drug-likeness (QED) is 0.483. The zero-order valence-electron chi connectivity index (χ0n) is 19.1. The van der Waals surface area contributed by atoms with Crippen LogP contribution in [0, 0.1) is 5.92 Å². The summed E-state index contributed by atoms with van der Waals surface area (Å²) in [5.41, 5.74) is -0.491. The number of hydrogen-bond acceptors (Lipinski definition) is 7. The summed E-state index contributed by atoms with van der Waals surface area (Å²) in [6.45, 7) is 1.14. The number of alkyl halides is 3. The second-order valence-electron chi connectivity index (χ2n) is 8.93. The van der Waals surface area contributed by atoms with Crippen LogP contribution in [0.4, 0.5) is 29.6 Å². The van der Waals surface area contributed by atoms with E-state index in [0.29, 0.717) is 41.9 Å². The van der Waals surface area contributed by atoms with Crippen LogP contribution in [0.5, 0.6) is 0 Å². The predicted molar refractivity (Wildman–Crippen MR) is 129 cm³/mol. The number of halogens is 4. The topological polar surface area (TPSA) is 93.1 Å². The molecule has 1 saturated heterocycles. The van der Waals surface area contributed by atoms with E-state index in [1.165, 1.54) is 11.0 Å². The van der Waals surface area contributed by atoms with Crippen LogP contribution in [-0.2, 0) is 10.9 Å². The molecule has 2 aromatic heterocycles. The van der Waals surface area contributed by atoms with Crippen LogP contribution >= 0.6 is 12.4 Å². The highest BCUT2D eigenvalue weighted by atomic mass is 35.5. The number of rotatable bonds is 5. The Bertz CT molecular complexity index is 1190. The molecule has 1 amide bonds. The van der Waals surface area contributed by atoms with Gasteiger partial charge in [0.1, 0.15) is 11.4 Å². The van der Waals surface area contributed by atoms with E-state index in [0.717, 1.165) is 37.8 Å². The number of amides is 1. The molecule has 12 heteroatoms. The van der Waals surface area contributed by atoms with Crippen LogP contribution in [0.15, 0.2) is 54.7 Å². The molecule has 2 aliphatic rings. The fraction of sp³-hybridized carbons (Fsp3) is 0.375. The number of benzene rings is 1. The van der Waals surface area contributed by atoms with Crippen LogP contribution in [0.25, 0.3) is 11.3 Å². The first-order valence-electron chi connectivity index (χ1n) is 11.3. The van der Waals surface area contributed by atoms with Gasteiger partial charge in [-0.3, -0.25) is 4.90 Å². The first kappa shape index (κ1) is 25.6. The second kappa shape index (κ2) is 10.3. The van der Waals surface area contributed by atoms with Crippen molar-refractivity contribution in [1.29, 1.82) is 0 Å². The van der Waals surface area contributed by atoms with Gasteiger partial charge in [0, 0.05) is 18.3 Å². The number of carbonyl (C=O) groups is 1. The molecule has 190 valence electrons. The number of anilines is 2. The fourth-order valence-corrected chi connectivity index (χ4v) is 4.59. The first-order valence-corrected chi connectivity index (χ1v) is 11.3. The van der Waals surface area contributed by atoms with Gasteiger partial charge in [-0.05, 0) is 68.0 Å². The first-order chi connectivity index (χ1) is 16.8. The minimum atomic E-state index is -4.41. The number of hydrogen-bond donors (Lipinski definition) is 1. The lowest BCUT2D eigenvalue weighted by Gasteiger charge is -2.35. The Morgan fingerprint density at radius 3 is 2.53 bits per heavy atom. The predicted octanol–water partition coefficient (Wildman–Crippen LogP) is 5.37. The third-order valence-electron chi connectivity index (χ3n) is 6.54. The van der Waals surface area contributed by atoms with Crippen molar-refractivity contribution < 1.29 is 22.7 Å². The minimum absolute atomic E-state index is 0. The smallest absolute Gasteiger partial charge is 0.416 e. The monoisotopic (exact) mass is 520 g/mol. The van der Waals surface area contributed by atoms with Crippen LogP contribution in [0.1, 0.15) is 31.2 Å². The molecule has 1 aliphatic carbocycles. The maximum Gasteiger partial charge on any atom is 0.416 e. The maximum atomic E-state index is 13.0. The van der Waals surface area contributed by atoms with Crippen LogP contribution in [0.2, 0.25) is 0 Å². The number of nitrogens with one attached hydrogen (secondary N) is 1. The SMILES string of the molecule is Cl.O=C1O[C@]2(CC[C@H](CNc3ccc(-c4cccc(C(F)(F)F)c4)nn3)CC2)CN1c1cccnn1. The summed E-state index contributed by atoms with van der Waals surface area (Å²) in [5, 5.41) is 19.3. The van der Waals surface area contributed by atoms with Gasteiger partial charge in [-0.1, -0.05) is 12.1 Å². The van der Waals surface area contributed by atoms with Crippen molar-refractivity contribution in [3.8, 4) is 11.3 Å². The van der Waals surface area contributed by atoms with Gasteiger partial charge in [-0.25, -0.2) is 4.79 Å². The Balaban J connectivity index is 0.00000304. The molecule has 1 saturated carbocycles. The van der Waals surface area contributed by atoms with Gasteiger partial charge >= 0.3 is 12.3 Å². The standard InChI is InChI=1S/C24H23F3N6O2.ClH/c25-24(26,27)18-4-1-3-17(13-18)19-6-7-20(31-30-19)28-14-16-8-10-23(11-9-16)15-33(22(34)35-23)21-5-2-12-29-32-21;/h1-7,12-13,16H,8-11,14-15H2,(H,28,31);1H/t16-,23-;. The van der Waals surface area contributed by atoms with Gasteiger partial charge in [0.2, 0.25) is 0 Å². The van der Waals surface area contributed by atoms with Crippen molar-refractivity contribution >= 4 is 30.1 Å². The Kier molecular flexibility index (Phi) is 7.30. The summed E-state index contributed by atoms with van der Waals surface area (Å²) in [6, 6.07) is 11.9. The van der Waals surface area contributed by atoms with Crippen molar-refractivity contribution in [2.75, 3.05) is 23.3 Å². The van der Waals surface area contributed by atoms with E-state index in [1.807, 2.05) is 0 Å². The van der Waals surface area contributed by atoms with Crippen molar-refractivity contribution in [3.63, 3.8) is 0 Å². The van der Waals surface area contributed by atoms with Crippen molar-refractivity contribution in [2.45, 2.75) is 37.5 Å². The summed E-state index contributed by atoms with van der Waals surface area (Å²) >= 11 is 0. The second-order valence-corrected chi connectivity index (χ2v) is 8.93. The summed E-state index contributed by atoms with van der Waals surface area (Å²) < 4.78 is 44.6. The molecular weight excluding hydrogens is 497 g/mol. The molecule has 0 radical (unpaired) electrons. The lowest BCUT2D eigenvalue weighted by atomic mass is 9.78. The summed E-state index contributed by atoms with van der Waals surface area (Å²) in [7, 11) is 0. The van der Waals surface area contributed by atoms with E-state index < -0.39 is 23.4 Å². The Morgan fingerprint density at radius 2 is 1.86 bits per heavy atom. The van der Waals surface area contributed by atoms with Crippen molar-refractivity contribution in [3.05, 3.63) is 60.3 Å². The molecule has 36 heavy (non-hydrogen) atoms. The zero-order chi connectivity index (χ0) is 24.5. The Hall–Kier alpha value is -3.47. The average molecular weight is 521 g/mol. The highest BCUT2D eigenvalue weighted by Gasteiger charge is 2.48. The molecule has 2 fully saturated rings. The molecule has 1 aromatic carbocycles. The van der Waals surface area contributed by atoms with Crippen molar-refractivity contribution in [2.24, 2.45) is 5.92 Å². The van der Waals surface area contributed by atoms with E-state index >= 15 is 0 Å².